The van der Waals surface area contributed by atoms with E-state index in [2.05, 4.69) is 43.4 Å². The van der Waals surface area contributed by atoms with Gasteiger partial charge in [0.05, 0.1) is 7.11 Å². The molecule has 0 radical (unpaired) electrons. The molecule has 1 N–H and O–H groups in total. The molecule has 3 heteroatoms. The number of ether oxygens (including phenoxy) is 1. The number of carbonyl (C=O) groups is 1. The van der Waals surface area contributed by atoms with Gasteiger partial charge >= 0.3 is 5.97 Å². The molecule has 0 aromatic heterocycles. The Morgan fingerprint density at radius 2 is 1.94 bits per heavy atom. The second-order valence-electron chi connectivity index (χ2n) is 4.28. The monoisotopic (exact) mass is 235 g/mol. The lowest BCUT2D eigenvalue weighted by atomic mass is 10.0. The zero-order valence-electron chi connectivity index (χ0n) is 11.0. The molecule has 0 saturated carbocycles. The third-order valence-corrected chi connectivity index (χ3v) is 2.89. The molecule has 1 aromatic rings. The van der Waals surface area contributed by atoms with Crippen LogP contribution in [0.4, 0.5) is 0 Å². The summed E-state index contributed by atoms with van der Waals surface area (Å²) in [6.07, 6.45) is 0.935. The first-order chi connectivity index (χ1) is 8.08. The molecule has 1 rings (SSSR count). The van der Waals surface area contributed by atoms with Crippen LogP contribution in [0.1, 0.15) is 37.4 Å². The maximum atomic E-state index is 11.4. The number of rotatable bonds is 5. The minimum atomic E-state index is -0.286. The lowest BCUT2D eigenvalue weighted by Gasteiger charge is -2.21. The lowest BCUT2D eigenvalue weighted by Crippen LogP contribution is -2.37. The van der Waals surface area contributed by atoms with Gasteiger partial charge in [-0.2, -0.15) is 0 Å². The largest absolute Gasteiger partial charge is 0.468 e. The van der Waals surface area contributed by atoms with E-state index in [1.165, 1.54) is 18.2 Å². The van der Waals surface area contributed by atoms with Gasteiger partial charge in [0.2, 0.25) is 0 Å². The topological polar surface area (TPSA) is 38.3 Å². The van der Waals surface area contributed by atoms with Crippen LogP contribution in [0, 0.1) is 6.92 Å². The van der Waals surface area contributed by atoms with Gasteiger partial charge in [-0.15, -0.1) is 0 Å². The van der Waals surface area contributed by atoms with Crippen LogP contribution in [-0.4, -0.2) is 19.1 Å². The summed E-state index contributed by atoms with van der Waals surface area (Å²) in [4.78, 5) is 11.4. The predicted octanol–water partition coefficient (Wildman–Crippen LogP) is 2.60. The molecule has 0 spiro atoms. The molecule has 0 heterocycles. The van der Waals surface area contributed by atoms with Crippen molar-refractivity contribution in [2.75, 3.05) is 7.11 Å². The first kappa shape index (κ1) is 13.7. The number of hydrogen-bond acceptors (Lipinski definition) is 3. The van der Waals surface area contributed by atoms with Crippen LogP contribution in [0.3, 0.4) is 0 Å². The SMILES string of the molecule is CCC(NC(C)C(=O)OC)c1ccc(C)cc1. The Balaban J connectivity index is 2.71. The van der Waals surface area contributed by atoms with E-state index in [9.17, 15) is 4.79 Å². The third kappa shape index (κ3) is 3.86. The second-order valence-corrected chi connectivity index (χ2v) is 4.28. The summed E-state index contributed by atoms with van der Waals surface area (Å²) in [5.41, 5.74) is 2.44. The smallest absolute Gasteiger partial charge is 0.322 e. The van der Waals surface area contributed by atoms with Crippen LogP contribution < -0.4 is 5.32 Å². The van der Waals surface area contributed by atoms with Crippen molar-refractivity contribution < 1.29 is 9.53 Å². The van der Waals surface area contributed by atoms with Crippen LogP contribution in [0.25, 0.3) is 0 Å². The van der Waals surface area contributed by atoms with E-state index in [1.54, 1.807) is 0 Å². The quantitative estimate of drug-likeness (QED) is 0.797. The van der Waals surface area contributed by atoms with Crippen molar-refractivity contribution in [3.05, 3.63) is 35.4 Å². The van der Waals surface area contributed by atoms with Crippen molar-refractivity contribution in [3.63, 3.8) is 0 Å². The first-order valence-electron chi connectivity index (χ1n) is 5.99. The van der Waals surface area contributed by atoms with Crippen LogP contribution in [0.5, 0.6) is 0 Å². The Morgan fingerprint density at radius 3 is 2.41 bits per heavy atom. The Morgan fingerprint density at radius 1 is 1.35 bits per heavy atom. The Kier molecular flexibility index (Phi) is 5.16. The van der Waals surface area contributed by atoms with Crippen molar-refractivity contribution in [1.29, 1.82) is 0 Å². The molecule has 3 nitrogen and oxygen atoms in total. The summed E-state index contributed by atoms with van der Waals surface area (Å²) in [6, 6.07) is 8.27. The van der Waals surface area contributed by atoms with Crippen LogP contribution in [0.2, 0.25) is 0 Å². The number of hydrogen-bond donors (Lipinski definition) is 1. The van der Waals surface area contributed by atoms with Gasteiger partial charge in [0.1, 0.15) is 6.04 Å². The average Bonchev–Trinajstić information content (AvgIpc) is 2.35. The zero-order valence-corrected chi connectivity index (χ0v) is 11.0. The summed E-state index contributed by atoms with van der Waals surface area (Å²) >= 11 is 0. The fourth-order valence-electron chi connectivity index (χ4n) is 1.80. The molecule has 94 valence electrons. The first-order valence-corrected chi connectivity index (χ1v) is 5.99. The Labute approximate surface area is 103 Å². The molecule has 0 bridgehead atoms. The molecule has 17 heavy (non-hydrogen) atoms. The lowest BCUT2D eigenvalue weighted by molar-refractivity contribution is -0.142. The number of nitrogens with one attached hydrogen (secondary N) is 1. The predicted molar refractivity (Wildman–Crippen MR) is 68.8 cm³/mol. The van der Waals surface area contributed by atoms with Gasteiger partial charge in [0.15, 0.2) is 0 Å². The van der Waals surface area contributed by atoms with Gasteiger partial charge < -0.3 is 4.74 Å². The minimum Gasteiger partial charge on any atom is -0.468 e. The van der Waals surface area contributed by atoms with E-state index < -0.39 is 0 Å². The summed E-state index contributed by atoms with van der Waals surface area (Å²) in [5, 5.41) is 3.28. The maximum Gasteiger partial charge on any atom is 0.322 e. The van der Waals surface area contributed by atoms with Crippen LogP contribution in [-0.2, 0) is 9.53 Å². The molecule has 0 aliphatic rings. The molecule has 0 amide bonds. The molecule has 2 atom stereocenters. The summed E-state index contributed by atoms with van der Waals surface area (Å²) in [7, 11) is 1.41. The van der Waals surface area contributed by atoms with E-state index in [-0.39, 0.29) is 18.1 Å². The molecule has 0 aliphatic carbocycles. The standard InChI is InChI=1S/C14H21NO2/c1-5-13(15-11(3)14(16)17-4)12-8-6-10(2)7-9-12/h6-9,11,13,15H,5H2,1-4H3. The number of esters is 1. The molecule has 1 aromatic carbocycles. The summed E-state index contributed by atoms with van der Waals surface area (Å²) < 4.78 is 4.71. The fourth-order valence-corrected chi connectivity index (χ4v) is 1.80. The molecular formula is C14H21NO2. The maximum absolute atomic E-state index is 11.4. The van der Waals surface area contributed by atoms with Crippen LogP contribution in [0.15, 0.2) is 24.3 Å². The van der Waals surface area contributed by atoms with Crippen molar-refractivity contribution in [2.24, 2.45) is 0 Å². The average molecular weight is 235 g/mol. The highest BCUT2D eigenvalue weighted by Gasteiger charge is 2.18. The van der Waals surface area contributed by atoms with E-state index >= 15 is 0 Å². The van der Waals surface area contributed by atoms with Crippen molar-refractivity contribution >= 4 is 5.97 Å². The molecule has 0 saturated heterocycles. The molecular weight excluding hydrogens is 214 g/mol. The Bertz CT molecular complexity index is 359. The van der Waals surface area contributed by atoms with Gasteiger partial charge in [-0.25, -0.2) is 0 Å². The summed E-state index contributed by atoms with van der Waals surface area (Å²) in [5.74, 6) is -0.226. The van der Waals surface area contributed by atoms with E-state index in [1.807, 2.05) is 6.92 Å². The van der Waals surface area contributed by atoms with Crippen molar-refractivity contribution in [2.45, 2.75) is 39.3 Å². The number of methoxy groups -OCH3 is 1. The minimum absolute atomic E-state index is 0.185. The van der Waals surface area contributed by atoms with Crippen LogP contribution >= 0.6 is 0 Å². The highest BCUT2D eigenvalue weighted by molar-refractivity contribution is 5.75. The second kappa shape index (κ2) is 6.40. The highest BCUT2D eigenvalue weighted by atomic mass is 16.5. The zero-order chi connectivity index (χ0) is 12.8. The molecule has 0 aliphatic heterocycles. The van der Waals surface area contributed by atoms with E-state index in [4.69, 9.17) is 4.74 Å². The normalized spacial score (nSPS) is 14.1. The molecule has 2 unspecified atom stereocenters. The van der Waals surface area contributed by atoms with Crippen molar-refractivity contribution in [3.8, 4) is 0 Å². The highest BCUT2D eigenvalue weighted by Crippen LogP contribution is 2.17. The number of benzene rings is 1. The van der Waals surface area contributed by atoms with E-state index in [0.29, 0.717) is 0 Å². The van der Waals surface area contributed by atoms with Gasteiger partial charge in [-0.05, 0) is 25.8 Å². The number of carbonyl (C=O) groups excluding carboxylic acids is 1. The van der Waals surface area contributed by atoms with Gasteiger partial charge in [-0.3, -0.25) is 10.1 Å². The van der Waals surface area contributed by atoms with Gasteiger partial charge in [0, 0.05) is 6.04 Å². The Hall–Kier alpha value is -1.35. The molecule has 0 fully saturated rings. The van der Waals surface area contributed by atoms with E-state index in [0.717, 1.165) is 6.42 Å². The fraction of sp³-hybridized carbons (Fsp3) is 0.500. The third-order valence-electron chi connectivity index (χ3n) is 2.89. The number of aryl methyl sites for hydroxylation is 1. The summed E-state index contributed by atoms with van der Waals surface area (Å²) in [6.45, 7) is 5.99. The van der Waals surface area contributed by atoms with Gasteiger partial charge in [0.25, 0.3) is 0 Å². The van der Waals surface area contributed by atoms with Gasteiger partial charge in [-0.1, -0.05) is 36.8 Å². The van der Waals surface area contributed by atoms with Crippen molar-refractivity contribution in [1.82, 2.24) is 5.32 Å².